The van der Waals surface area contributed by atoms with Crippen molar-refractivity contribution < 1.29 is 4.42 Å². The summed E-state index contributed by atoms with van der Waals surface area (Å²) in [6, 6.07) is 8.28. The number of nitrogens with zero attached hydrogens (tertiary/aromatic N) is 1. The van der Waals surface area contributed by atoms with Gasteiger partial charge in [0.25, 0.3) is 5.22 Å². The van der Waals surface area contributed by atoms with Gasteiger partial charge in [0.1, 0.15) is 6.26 Å². The molecule has 0 aliphatic heterocycles. The predicted molar refractivity (Wildman–Crippen MR) is 71.6 cm³/mol. The summed E-state index contributed by atoms with van der Waals surface area (Å²) >= 11 is 1.63. The predicted octanol–water partition coefficient (Wildman–Crippen LogP) is 3.50. The standard InChI is InChI=1S/C13H16N2OS/c1-10-5-3-4-6-12(10)14-7-8-17-13-15-11(2)9-16-13/h3-6,9,14H,7-8H2,1-2H3. The minimum atomic E-state index is 0.745. The Hall–Kier alpha value is -1.42. The third-order valence-electron chi connectivity index (χ3n) is 2.39. The van der Waals surface area contributed by atoms with Crippen molar-refractivity contribution in [3.63, 3.8) is 0 Å². The Kier molecular flexibility index (Phi) is 4.09. The van der Waals surface area contributed by atoms with Crippen LogP contribution in [-0.2, 0) is 0 Å². The minimum absolute atomic E-state index is 0.745. The molecule has 0 bridgehead atoms. The fourth-order valence-electron chi connectivity index (χ4n) is 1.49. The number of hydrogen-bond acceptors (Lipinski definition) is 4. The molecule has 1 aromatic carbocycles. The van der Waals surface area contributed by atoms with Crippen molar-refractivity contribution in [2.75, 3.05) is 17.6 Å². The third-order valence-corrected chi connectivity index (χ3v) is 3.23. The quantitative estimate of drug-likeness (QED) is 0.649. The Bertz CT molecular complexity index is 482. The van der Waals surface area contributed by atoms with E-state index in [2.05, 4.69) is 29.4 Å². The van der Waals surface area contributed by atoms with Crippen molar-refractivity contribution >= 4 is 17.4 Å². The molecule has 2 aromatic rings. The van der Waals surface area contributed by atoms with Crippen LogP contribution in [0.3, 0.4) is 0 Å². The van der Waals surface area contributed by atoms with Gasteiger partial charge in [-0.3, -0.25) is 0 Å². The lowest BCUT2D eigenvalue weighted by Crippen LogP contribution is -2.05. The molecule has 4 heteroatoms. The first-order valence-corrected chi connectivity index (χ1v) is 6.59. The molecule has 0 unspecified atom stereocenters. The second kappa shape index (κ2) is 5.77. The lowest BCUT2D eigenvalue weighted by Gasteiger charge is -2.07. The van der Waals surface area contributed by atoms with E-state index in [1.807, 2.05) is 19.1 Å². The number of aryl methyl sites for hydroxylation is 2. The SMILES string of the molecule is Cc1coc(SCCNc2ccccc2C)n1. The summed E-state index contributed by atoms with van der Waals surface area (Å²) in [4.78, 5) is 4.24. The maximum absolute atomic E-state index is 5.26. The van der Waals surface area contributed by atoms with Crippen LogP contribution in [0.15, 0.2) is 40.2 Å². The second-order valence-corrected chi connectivity index (χ2v) is 4.89. The van der Waals surface area contributed by atoms with Gasteiger partial charge in [0.05, 0.1) is 5.69 Å². The van der Waals surface area contributed by atoms with Gasteiger partial charge in [-0.25, -0.2) is 4.98 Å². The van der Waals surface area contributed by atoms with Gasteiger partial charge in [-0.2, -0.15) is 0 Å². The zero-order valence-corrected chi connectivity index (χ0v) is 10.9. The molecule has 3 nitrogen and oxygen atoms in total. The van der Waals surface area contributed by atoms with Gasteiger partial charge in [-0.1, -0.05) is 30.0 Å². The van der Waals surface area contributed by atoms with Crippen molar-refractivity contribution in [3.8, 4) is 0 Å². The summed E-state index contributed by atoms with van der Waals surface area (Å²) in [5, 5.41) is 4.14. The van der Waals surface area contributed by atoms with Crippen LogP contribution >= 0.6 is 11.8 Å². The first-order valence-electron chi connectivity index (χ1n) is 5.60. The number of hydrogen-bond donors (Lipinski definition) is 1. The molecule has 0 fully saturated rings. The van der Waals surface area contributed by atoms with E-state index in [1.165, 1.54) is 11.3 Å². The molecule has 0 saturated carbocycles. The molecule has 0 amide bonds. The number of aromatic nitrogens is 1. The van der Waals surface area contributed by atoms with Gasteiger partial charge in [0, 0.05) is 18.0 Å². The summed E-state index contributed by atoms with van der Waals surface area (Å²) < 4.78 is 5.26. The fraction of sp³-hybridized carbons (Fsp3) is 0.308. The highest BCUT2D eigenvalue weighted by molar-refractivity contribution is 7.99. The molecular formula is C13H16N2OS. The molecule has 90 valence electrons. The Balaban J connectivity index is 1.75. The van der Waals surface area contributed by atoms with Crippen LogP contribution in [-0.4, -0.2) is 17.3 Å². The van der Waals surface area contributed by atoms with Crippen molar-refractivity contribution in [2.24, 2.45) is 0 Å². The zero-order chi connectivity index (χ0) is 12.1. The van der Waals surface area contributed by atoms with Gasteiger partial charge in [0.2, 0.25) is 0 Å². The average Bonchev–Trinajstić information content (AvgIpc) is 2.73. The zero-order valence-electron chi connectivity index (χ0n) is 10.1. The summed E-state index contributed by atoms with van der Waals surface area (Å²) in [5.41, 5.74) is 3.39. The summed E-state index contributed by atoms with van der Waals surface area (Å²) in [6.45, 7) is 4.93. The van der Waals surface area contributed by atoms with Gasteiger partial charge < -0.3 is 9.73 Å². The van der Waals surface area contributed by atoms with E-state index < -0.39 is 0 Å². The van der Waals surface area contributed by atoms with E-state index in [4.69, 9.17) is 4.42 Å². The lowest BCUT2D eigenvalue weighted by atomic mass is 10.2. The van der Waals surface area contributed by atoms with Crippen LogP contribution in [0.1, 0.15) is 11.3 Å². The molecule has 17 heavy (non-hydrogen) atoms. The van der Waals surface area contributed by atoms with E-state index in [0.29, 0.717) is 0 Å². The van der Waals surface area contributed by atoms with Crippen molar-refractivity contribution in [1.82, 2.24) is 4.98 Å². The summed E-state index contributed by atoms with van der Waals surface area (Å²) in [5.74, 6) is 0.939. The molecule has 2 rings (SSSR count). The van der Waals surface area contributed by atoms with Gasteiger partial charge in [-0.15, -0.1) is 0 Å². The molecule has 0 aliphatic rings. The summed E-state index contributed by atoms with van der Waals surface area (Å²) in [6.07, 6.45) is 1.68. The van der Waals surface area contributed by atoms with E-state index in [-0.39, 0.29) is 0 Å². The largest absolute Gasteiger partial charge is 0.440 e. The maximum atomic E-state index is 5.26. The number of nitrogens with one attached hydrogen (secondary N) is 1. The highest BCUT2D eigenvalue weighted by atomic mass is 32.2. The second-order valence-electron chi connectivity index (χ2n) is 3.84. The molecule has 1 heterocycles. The highest BCUT2D eigenvalue weighted by Crippen LogP contribution is 2.17. The number of benzene rings is 1. The van der Waals surface area contributed by atoms with E-state index in [9.17, 15) is 0 Å². The summed E-state index contributed by atoms with van der Waals surface area (Å²) in [7, 11) is 0. The first kappa shape index (κ1) is 12.0. The van der Waals surface area contributed by atoms with E-state index >= 15 is 0 Å². The third kappa shape index (κ3) is 3.53. The van der Waals surface area contributed by atoms with Crippen LogP contribution in [0.5, 0.6) is 0 Å². The van der Waals surface area contributed by atoms with Crippen LogP contribution in [0.25, 0.3) is 0 Å². The molecule has 1 aromatic heterocycles. The first-order chi connectivity index (χ1) is 8.25. The Morgan fingerprint density at radius 3 is 2.82 bits per heavy atom. The van der Waals surface area contributed by atoms with Gasteiger partial charge in [0.15, 0.2) is 0 Å². The number of oxazole rings is 1. The fourth-order valence-corrected chi connectivity index (χ4v) is 2.20. The average molecular weight is 248 g/mol. The van der Waals surface area contributed by atoms with Gasteiger partial charge >= 0.3 is 0 Å². The van der Waals surface area contributed by atoms with Crippen LogP contribution in [0.2, 0.25) is 0 Å². The molecule has 1 N–H and O–H groups in total. The lowest BCUT2D eigenvalue weighted by molar-refractivity contribution is 0.454. The number of para-hydroxylation sites is 1. The normalized spacial score (nSPS) is 10.5. The van der Waals surface area contributed by atoms with Crippen LogP contribution < -0.4 is 5.32 Å². The number of thioether (sulfide) groups is 1. The van der Waals surface area contributed by atoms with Gasteiger partial charge in [-0.05, 0) is 25.5 Å². The molecule has 0 aliphatic carbocycles. The molecule has 0 radical (unpaired) electrons. The van der Waals surface area contributed by atoms with Crippen LogP contribution in [0.4, 0.5) is 5.69 Å². The van der Waals surface area contributed by atoms with E-state index in [0.717, 1.165) is 23.2 Å². The number of rotatable bonds is 5. The van der Waals surface area contributed by atoms with Crippen LogP contribution in [0, 0.1) is 13.8 Å². The van der Waals surface area contributed by atoms with E-state index in [1.54, 1.807) is 18.0 Å². The maximum Gasteiger partial charge on any atom is 0.255 e. The highest BCUT2D eigenvalue weighted by Gasteiger charge is 2.01. The molecule has 0 spiro atoms. The molecule has 0 atom stereocenters. The monoisotopic (exact) mass is 248 g/mol. The van der Waals surface area contributed by atoms with Crippen molar-refractivity contribution in [2.45, 2.75) is 19.1 Å². The Morgan fingerprint density at radius 2 is 2.12 bits per heavy atom. The Labute approximate surface area is 106 Å². The smallest absolute Gasteiger partial charge is 0.255 e. The Morgan fingerprint density at radius 1 is 1.29 bits per heavy atom. The number of anilines is 1. The minimum Gasteiger partial charge on any atom is -0.440 e. The van der Waals surface area contributed by atoms with Crippen molar-refractivity contribution in [3.05, 3.63) is 41.8 Å². The molecular weight excluding hydrogens is 232 g/mol. The topological polar surface area (TPSA) is 38.1 Å². The van der Waals surface area contributed by atoms with Crippen molar-refractivity contribution in [1.29, 1.82) is 0 Å². The molecule has 0 saturated heterocycles.